The number of rotatable bonds is 2. The van der Waals surface area contributed by atoms with Crippen molar-refractivity contribution in [2.24, 2.45) is 5.92 Å². The number of nitriles is 1. The van der Waals surface area contributed by atoms with Crippen LogP contribution in [0.25, 0.3) is 11.4 Å². The molecule has 6 heteroatoms. The summed E-state index contributed by atoms with van der Waals surface area (Å²) in [6.07, 6.45) is 0.752. The Labute approximate surface area is 111 Å². The highest BCUT2D eigenvalue weighted by molar-refractivity contribution is 9.10. The number of hydrogen-bond donors (Lipinski definition) is 0. The van der Waals surface area contributed by atoms with Gasteiger partial charge in [-0.25, -0.2) is 4.39 Å². The first-order valence-electron chi connectivity index (χ1n) is 5.37. The lowest BCUT2D eigenvalue weighted by Crippen LogP contribution is -1.86. The minimum atomic E-state index is -0.360. The Balaban J connectivity index is 1.94. The third-order valence-corrected chi connectivity index (χ3v) is 3.58. The highest BCUT2D eigenvalue weighted by atomic mass is 79.9. The average molecular weight is 308 g/mol. The van der Waals surface area contributed by atoms with Crippen LogP contribution in [0.5, 0.6) is 0 Å². The summed E-state index contributed by atoms with van der Waals surface area (Å²) in [6.45, 7) is 0. The fourth-order valence-electron chi connectivity index (χ4n) is 1.77. The third kappa shape index (κ3) is 1.91. The molecule has 0 amide bonds. The molecule has 0 saturated heterocycles. The van der Waals surface area contributed by atoms with Crippen LogP contribution in [-0.2, 0) is 0 Å². The maximum atomic E-state index is 13.2. The first-order valence-corrected chi connectivity index (χ1v) is 6.17. The van der Waals surface area contributed by atoms with Gasteiger partial charge in [0.15, 0.2) is 0 Å². The van der Waals surface area contributed by atoms with Crippen LogP contribution in [-0.4, -0.2) is 10.1 Å². The van der Waals surface area contributed by atoms with Crippen molar-refractivity contribution >= 4 is 15.9 Å². The van der Waals surface area contributed by atoms with Crippen molar-refractivity contribution in [3.63, 3.8) is 0 Å². The quantitative estimate of drug-likeness (QED) is 0.854. The van der Waals surface area contributed by atoms with Crippen LogP contribution in [0, 0.1) is 23.1 Å². The van der Waals surface area contributed by atoms with Crippen molar-refractivity contribution in [1.82, 2.24) is 10.1 Å². The van der Waals surface area contributed by atoms with E-state index in [0.29, 0.717) is 21.8 Å². The lowest BCUT2D eigenvalue weighted by molar-refractivity contribution is 0.378. The third-order valence-electron chi connectivity index (χ3n) is 2.88. The van der Waals surface area contributed by atoms with Crippen molar-refractivity contribution in [1.29, 1.82) is 5.26 Å². The first-order chi connectivity index (χ1) is 8.69. The van der Waals surface area contributed by atoms with E-state index in [9.17, 15) is 4.39 Å². The fourth-order valence-corrected chi connectivity index (χ4v) is 2.20. The molecule has 0 spiro atoms. The molecule has 0 bridgehead atoms. The van der Waals surface area contributed by atoms with Gasteiger partial charge >= 0.3 is 0 Å². The predicted molar refractivity (Wildman–Crippen MR) is 63.9 cm³/mol. The Kier molecular flexibility index (Phi) is 2.63. The Morgan fingerprint density at radius 1 is 1.50 bits per heavy atom. The van der Waals surface area contributed by atoms with E-state index in [1.54, 1.807) is 6.07 Å². The molecule has 1 fully saturated rings. The van der Waals surface area contributed by atoms with Gasteiger partial charge in [0.1, 0.15) is 5.82 Å². The monoisotopic (exact) mass is 307 g/mol. The van der Waals surface area contributed by atoms with Crippen LogP contribution in [0.2, 0.25) is 0 Å². The van der Waals surface area contributed by atoms with E-state index in [4.69, 9.17) is 9.78 Å². The molecule has 4 nitrogen and oxygen atoms in total. The molecule has 2 atom stereocenters. The maximum absolute atomic E-state index is 13.2. The second kappa shape index (κ2) is 4.18. The van der Waals surface area contributed by atoms with Gasteiger partial charge in [0.25, 0.3) is 0 Å². The summed E-state index contributed by atoms with van der Waals surface area (Å²) in [4.78, 5) is 4.22. The Bertz CT molecular complexity index is 649. The molecule has 18 heavy (non-hydrogen) atoms. The van der Waals surface area contributed by atoms with E-state index in [-0.39, 0.29) is 17.7 Å². The molecule has 1 aromatic heterocycles. The van der Waals surface area contributed by atoms with E-state index in [0.717, 1.165) is 6.42 Å². The van der Waals surface area contributed by atoms with E-state index in [2.05, 4.69) is 32.1 Å². The Hall–Kier alpha value is -1.74. The summed E-state index contributed by atoms with van der Waals surface area (Å²) < 4.78 is 19.0. The smallest absolute Gasteiger partial charge is 0.231 e. The maximum Gasteiger partial charge on any atom is 0.231 e. The molecule has 1 heterocycles. The van der Waals surface area contributed by atoms with Gasteiger partial charge in [0.2, 0.25) is 11.7 Å². The van der Waals surface area contributed by atoms with Gasteiger partial charge in [-0.3, -0.25) is 0 Å². The molecule has 1 aliphatic carbocycles. The van der Waals surface area contributed by atoms with Crippen LogP contribution in [0.15, 0.2) is 27.2 Å². The van der Waals surface area contributed by atoms with E-state index in [1.165, 1.54) is 12.1 Å². The molecule has 3 rings (SSSR count). The zero-order valence-electron chi connectivity index (χ0n) is 9.10. The average Bonchev–Trinajstić information content (AvgIpc) is 3.01. The van der Waals surface area contributed by atoms with Gasteiger partial charge in [-0.2, -0.15) is 10.2 Å². The minimum Gasteiger partial charge on any atom is -0.339 e. The summed E-state index contributed by atoms with van der Waals surface area (Å²) in [7, 11) is 0. The Morgan fingerprint density at radius 2 is 2.33 bits per heavy atom. The number of hydrogen-bond acceptors (Lipinski definition) is 4. The fraction of sp³-hybridized carbons (Fsp3) is 0.250. The molecule has 0 N–H and O–H groups in total. The number of halogens is 2. The van der Waals surface area contributed by atoms with Gasteiger partial charge in [-0.15, -0.1) is 0 Å². The van der Waals surface area contributed by atoms with Gasteiger partial charge in [-0.05, 0) is 24.6 Å². The molecule has 2 unspecified atom stereocenters. The second-order valence-electron chi connectivity index (χ2n) is 4.16. The standard InChI is InChI=1S/C12H7BrFN3O/c13-10-2-1-7(14)4-9(10)11-16-12(18-17-11)8-3-6(8)5-15/h1-2,4,6,8H,3H2. The van der Waals surface area contributed by atoms with Crippen molar-refractivity contribution in [3.8, 4) is 17.5 Å². The largest absolute Gasteiger partial charge is 0.339 e. The second-order valence-corrected chi connectivity index (χ2v) is 5.01. The van der Waals surface area contributed by atoms with Crippen molar-refractivity contribution < 1.29 is 8.91 Å². The first kappa shape index (κ1) is 11.4. The molecule has 0 aliphatic heterocycles. The van der Waals surface area contributed by atoms with Crippen LogP contribution >= 0.6 is 15.9 Å². The van der Waals surface area contributed by atoms with Gasteiger partial charge in [-0.1, -0.05) is 21.1 Å². The molecule has 2 aromatic rings. The summed E-state index contributed by atoms with van der Waals surface area (Å²) in [6, 6.07) is 6.44. The molecular formula is C12H7BrFN3O. The van der Waals surface area contributed by atoms with E-state index >= 15 is 0 Å². The summed E-state index contributed by atoms with van der Waals surface area (Å²) >= 11 is 3.31. The van der Waals surface area contributed by atoms with Gasteiger partial charge in [0, 0.05) is 10.0 Å². The van der Waals surface area contributed by atoms with E-state index < -0.39 is 0 Å². The lowest BCUT2D eigenvalue weighted by atomic mass is 10.2. The lowest BCUT2D eigenvalue weighted by Gasteiger charge is -1.98. The van der Waals surface area contributed by atoms with Gasteiger partial charge < -0.3 is 4.52 Å². The molecule has 1 saturated carbocycles. The molecular weight excluding hydrogens is 301 g/mol. The summed E-state index contributed by atoms with van der Waals surface area (Å²) in [5.41, 5.74) is 0.541. The molecule has 1 aromatic carbocycles. The highest BCUT2D eigenvalue weighted by Gasteiger charge is 2.43. The molecule has 1 aliphatic rings. The zero-order valence-corrected chi connectivity index (χ0v) is 10.7. The minimum absolute atomic E-state index is 0.0311. The SMILES string of the molecule is N#CC1CC1c1nc(-c2cc(F)ccc2Br)no1. The highest BCUT2D eigenvalue weighted by Crippen LogP contribution is 2.46. The molecule has 90 valence electrons. The zero-order chi connectivity index (χ0) is 12.7. The van der Waals surface area contributed by atoms with Crippen LogP contribution in [0.1, 0.15) is 18.2 Å². The van der Waals surface area contributed by atoms with Crippen molar-refractivity contribution in [3.05, 3.63) is 34.4 Å². The van der Waals surface area contributed by atoms with Crippen LogP contribution in [0.3, 0.4) is 0 Å². The number of nitrogens with zero attached hydrogens (tertiary/aromatic N) is 3. The van der Waals surface area contributed by atoms with E-state index in [1.807, 2.05) is 0 Å². The summed E-state index contributed by atoms with van der Waals surface area (Å²) in [5.74, 6) is 0.423. The normalized spacial score (nSPS) is 21.6. The van der Waals surface area contributed by atoms with Crippen molar-refractivity contribution in [2.75, 3.05) is 0 Å². The topological polar surface area (TPSA) is 62.7 Å². The number of benzene rings is 1. The van der Waals surface area contributed by atoms with Crippen molar-refractivity contribution in [2.45, 2.75) is 12.3 Å². The predicted octanol–water partition coefficient (Wildman–Crippen LogP) is 3.27. The summed E-state index contributed by atoms with van der Waals surface area (Å²) in [5, 5.41) is 12.6. The van der Waals surface area contributed by atoms with Gasteiger partial charge in [0.05, 0.1) is 17.9 Å². The van der Waals surface area contributed by atoms with Crippen LogP contribution < -0.4 is 0 Å². The molecule has 0 radical (unpaired) electrons. The van der Waals surface area contributed by atoms with Crippen LogP contribution in [0.4, 0.5) is 4.39 Å². The Morgan fingerprint density at radius 3 is 3.06 bits per heavy atom. The number of aromatic nitrogens is 2.